The van der Waals surface area contributed by atoms with Crippen LogP contribution in [0.5, 0.6) is 0 Å². The lowest BCUT2D eigenvalue weighted by Crippen LogP contribution is -2.39. The number of amides is 1. The topological polar surface area (TPSA) is 53.7 Å². The first-order chi connectivity index (χ1) is 12.6. The fourth-order valence-corrected chi connectivity index (χ4v) is 3.99. The van der Waals surface area contributed by atoms with Gasteiger partial charge in [-0.15, -0.1) is 0 Å². The maximum atomic E-state index is 12.8. The van der Waals surface area contributed by atoms with Crippen molar-refractivity contribution < 1.29 is 14.3 Å². The molecule has 134 valence electrons. The largest absolute Gasteiger partial charge is 0.451 e. The number of aliphatic hydroxyl groups is 1. The van der Waals surface area contributed by atoms with Crippen LogP contribution in [0.25, 0.3) is 11.0 Å². The van der Waals surface area contributed by atoms with Crippen LogP contribution in [0.1, 0.15) is 35.1 Å². The number of carbonyl (C=O) groups is 1. The Morgan fingerprint density at radius 3 is 2.58 bits per heavy atom. The highest BCUT2D eigenvalue weighted by molar-refractivity contribution is 9.10. The molecule has 1 saturated heterocycles. The minimum atomic E-state index is -0.475. The molecule has 1 amide bonds. The van der Waals surface area contributed by atoms with Gasteiger partial charge in [-0.2, -0.15) is 0 Å². The van der Waals surface area contributed by atoms with Crippen molar-refractivity contribution in [2.75, 3.05) is 13.1 Å². The number of hydrogen-bond donors (Lipinski definition) is 1. The van der Waals surface area contributed by atoms with E-state index in [9.17, 15) is 9.90 Å². The highest BCUT2D eigenvalue weighted by Gasteiger charge is 2.29. The lowest BCUT2D eigenvalue weighted by molar-refractivity contribution is 0.0444. The summed E-state index contributed by atoms with van der Waals surface area (Å²) >= 11 is 3.43. The number of benzene rings is 2. The van der Waals surface area contributed by atoms with Crippen molar-refractivity contribution >= 4 is 32.8 Å². The van der Waals surface area contributed by atoms with E-state index in [0.717, 1.165) is 28.3 Å². The standard InChI is InChI=1S/C21H20BrNO3/c22-17-6-7-18-16(12-17)13-19(26-18)21(25)23-10-8-15(9-11-23)20(24)14-4-2-1-3-5-14/h1-7,12-13,15,20,24H,8-11H2. The van der Waals surface area contributed by atoms with E-state index in [2.05, 4.69) is 15.9 Å². The molecule has 4 nitrogen and oxygen atoms in total. The van der Waals surface area contributed by atoms with Crippen LogP contribution >= 0.6 is 15.9 Å². The number of aliphatic hydroxyl groups excluding tert-OH is 1. The molecule has 2 aromatic carbocycles. The van der Waals surface area contributed by atoms with Crippen molar-refractivity contribution in [3.63, 3.8) is 0 Å². The van der Waals surface area contributed by atoms with Gasteiger partial charge in [-0.05, 0) is 48.6 Å². The number of carbonyl (C=O) groups excluding carboxylic acids is 1. The number of likely N-dealkylation sites (tertiary alicyclic amines) is 1. The Morgan fingerprint density at radius 2 is 1.85 bits per heavy atom. The van der Waals surface area contributed by atoms with Crippen LogP contribution in [0.4, 0.5) is 0 Å². The highest BCUT2D eigenvalue weighted by Crippen LogP contribution is 2.31. The zero-order chi connectivity index (χ0) is 18.1. The van der Waals surface area contributed by atoms with Gasteiger partial charge in [-0.3, -0.25) is 4.79 Å². The molecule has 1 unspecified atom stereocenters. The van der Waals surface area contributed by atoms with Gasteiger partial charge < -0.3 is 14.4 Å². The van der Waals surface area contributed by atoms with Crippen LogP contribution in [0, 0.1) is 5.92 Å². The first-order valence-electron chi connectivity index (χ1n) is 8.83. The molecule has 1 atom stereocenters. The summed E-state index contributed by atoms with van der Waals surface area (Å²) in [5.74, 6) is 0.471. The van der Waals surface area contributed by atoms with Crippen molar-refractivity contribution in [1.82, 2.24) is 4.90 Å². The van der Waals surface area contributed by atoms with E-state index in [-0.39, 0.29) is 11.8 Å². The average molecular weight is 414 g/mol. The molecule has 0 bridgehead atoms. The summed E-state index contributed by atoms with van der Waals surface area (Å²) in [4.78, 5) is 14.6. The molecular weight excluding hydrogens is 394 g/mol. The number of halogens is 1. The normalized spacial score (nSPS) is 16.8. The molecule has 2 heterocycles. The molecule has 1 N–H and O–H groups in total. The Labute approximate surface area is 160 Å². The van der Waals surface area contributed by atoms with Crippen LogP contribution in [-0.2, 0) is 0 Å². The van der Waals surface area contributed by atoms with Gasteiger partial charge in [-0.1, -0.05) is 46.3 Å². The molecule has 0 radical (unpaired) electrons. The molecule has 3 aromatic rings. The molecule has 0 aliphatic carbocycles. The molecule has 0 spiro atoms. The lowest BCUT2D eigenvalue weighted by atomic mass is 9.87. The zero-order valence-corrected chi connectivity index (χ0v) is 15.9. The summed E-state index contributed by atoms with van der Waals surface area (Å²) in [6, 6.07) is 17.2. The minimum Gasteiger partial charge on any atom is -0.451 e. The third-order valence-electron chi connectivity index (χ3n) is 5.10. The number of furan rings is 1. The maximum Gasteiger partial charge on any atom is 0.289 e. The van der Waals surface area contributed by atoms with Gasteiger partial charge in [0.05, 0.1) is 6.10 Å². The zero-order valence-electron chi connectivity index (χ0n) is 14.3. The van der Waals surface area contributed by atoms with Crippen molar-refractivity contribution in [1.29, 1.82) is 0 Å². The number of fused-ring (bicyclic) bond motifs is 1. The smallest absolute Gasteiger partial charge is 0.289 e. The fraction of sp³-hybridized carbons (Fsp3) is 0.286. The van der Waals surface area contributed by atoms with Gasteiger partial charge in [0.25, 0.3) is 5.91 Å². The van der Waals surface area contributed by atoms with Crippen LogP contribution in [0.3, 0.4) is 0 Å². The van der Waals surface area contributed by atoms with Gasteiger partial charge in [0.1, 0.15) is 5.58 Å². The molecule has 1 aliphatic rings. The van der Waals surface area contributed by atoms with E-state index in [0.29, 0.717) is 24.4 Å². The Hall–Kier alpha value is -2.11. The second-order valence-electron chi connectivity index (χ2n) is 6.78. The van der Waals surface area contributed by atoms with E-state index in [4.69, 9.17) is 4.42 Å². The molecule has 5 heteroatoms. The quantitative estimate of drug-likeness (QED) is 0.671. The second kappa shape index (κ2) is 7.25. The van der Waals surface area contributed by atoms with E-state index in [1.54, 1.807) is 6.07 Å². The van der Waals surface area contributed by atoms with Crippen molar-refractivity contribution in [2.45, 2.75) is 18.9 Å². The van der Waals surface area contributed by atoms with Gasteiger partial charge in [0, 0.05) is 22.9 Å². The van der Waals surface area contributed by atoms with E-state index >= 15 is 0 Å². The summed E-state index contributed by atoms with van der Waals surface area (Å²) in [7, 11) is 0. The van der Waals surface area contributed by atoms with E-state index < -0.39 is 6.10 Å². The lowest BCUT2D eigenvalue weighted by Gasteiger charge is -2.34. The first kappa shape index (κ1) is 17.3. The SMILES string of the molecule is O=C(c1cc2cc(Br)ccc2o1)N1CCC(C(O)c2ccccc2)CC1. The molecule has 1 fully saturated rings. The van der Waals surface area contributed by atoms with E-state index in [1.807, 2.05) is 53.4 Å². The molecule has 0 saturated carbocycles. The Bertz CT molecular complexity index is 913. The summed E-state index contributed by atoms with van der Waals surface area (Å²) in [6.45, 7) is 1.27. The predicted molar refractivity (Wildman–Crippen MR) is 104 cm³/mol. The molecule has 26 heavy (non-hydrogen) atoms. The monoisotopic (exact) mass is 413 g/mol. The Morgan fingerprint density at radius 1 is 1.12 bits per heavy atom. The van der Waals surface area contributed by atoms with Gasteiger partial charge in [0.2, 0.25) is 0 Å². The maximum absolute atomic E-state index is 12.8. The summed E-state index contributed by atoms with van der Waals surface area (Å²) in [5.41, 5.74) is 1.66. The summed E-state index contributed by atoms with van der Waals surface area (Å²) in [5, 5.41) is 11.5. The number of piperidine rings is 1. The fourth-order valence-electron chi connectivity index (χ4n) is 3.62. The number of hydrogen-bond acceptors (Lipinski definition) is 3. The van der Waals surface area contributed by atoms with Crippen LogP contribution in [-0.4, -0.2) is 29.0 Å². The molecule has 1 aromatic heterocycles. The first-order valence-corrected chi connectivity index (χ1v) is 9.62. The van der Waals surface area contributed by atoms with Gasteiger partial charge >= 0.3 is 0 Å². The van der Waals surface area contributed by atoms with Crippen molar-refractivity contribution in [3.05, 3.63) is 70.4 Å². The Balaban J connectivity index is 1.43. The minimum absolute atomic E-state index is 0.0787. The molecule has 1 aliphatic heterocycles. The number of nitrogens with zero attached hydrogens (tertiary/aromatic N) is 1. The summed E-state index contributed by atoms with van der Waals surface area (Å²) in [6.07, 6.45) is 1.10. The third kappa shape index (κ3) is 3.41. The van der Waals surface area contributed by atoms with Crippen molar-refractivity contribution in [3.8, 4) is 0 Å². The highest BCUT2D eigenvalue weighted by atomic mass is 79.9. The number of rotatable bonds is 3. The summed E-state index contributed by atoms with van der Waals surface area (Å²) < 4.78 is 6.68. The average Bonchev–Trinajstić information content (AvgIpc) is 3.11. The molecule has 4 rings (SSSR count). The van der Waals surface area contributed by atoms with E-state index in [1.165, 1.54) is 0 Å². The third-order valence-corrected chi connectivity index (χ3v) is 5.60. The van der Waals surface area contributed by atoms with Crippen molar-refractivity contribution in [2.24, 2.45) is 5.92 Å². The second-order valence-corrected chi connectivity index (χ2v) is 7.69. The Kier molecular flexibility index (Phi) is 4.83. The van der Waals surface area contributed by atoms with Crippen LogP contribution < -0.4 is 0 Å². The van der Waals surface area contributed by atoms with Crippen LogP contribution in [0.15, 0.2) is 63.5 Å². The van der Waals surface area contributed by atoms with Gasteiger partial charge in [-0.25, -0.2) is 0 Å². The van der Waals surface area contributed by atoms with Gasteiger partial charge in [0.15, 0.2) is 5.76 Å². The molecular formula is C21H20BrNO3. The predicted octanol–water partition coefficient (Wildman–Crippen LogP) is 4.78. The van der Waals surface area contributed by atoms with Crippen LogP contribution in [0.2, 0.25) is 0 Å².